The number of aryl methyl sites for hydroxylation is 2. The van der Waals surface area contributed by atoms with Gasteiger partial charge in [0.05, 0.1) is 30.3 Å². The van der Waals surface area contributed by atoms with Crippen molar-refractivity contribution in [3.05, 3.63) is 52.8 Å². The number of nitrogens with zero attached hydrogens (tertiary/aromatic N) is 2. The molecule has 0 amide bonds. The maximum absolute atomic E-state index is 9.76. The summed E-state index contributed by atoms with van der Waals surface area (Å²) in [6.45, 7) is 7.05. The summed E-state index contributed by atoms with van der Waals surface area (Å²) in [7, 11) is 1.64. The van der Waals surface area contributed by atoms with E-state index in [1.807, 2.05) is 30.3 Å². The summed E-state index contributed by atoms with van der Waals surface area (Å²) >= 11 is 0. The highest BCUT2D eigenvalue weighted by molar-refractivity contribution is 5.90. The van der Waals surface area contributed by atoms with Gasteiger partial charge in [-0.1, -0.05) is 51.5 Å². The molecule has 0 saturated heterocycles. The number of hydrogen-bond acceptors (Lipinski definition) is 4. The van der Waals surface area contributed by atoms with E-state index in [2.05, 4.69) is 42.9 Å². The van der Waals surface area contributed by atoms with Crippen LogP contribution in [0.4, 0.5) is 0 Å². The first-order valence-electron chi connectivity index (χ1n) is 12.0. The van der Waals surface area contributed by atoms with Gasteiger partial charge in [0.25, 0.3) is 0 Å². The molecular weight excluding hydrogens is 410 g/mol. The van der Waals surface area contributed by atoms with E-state index in [1.54, 1.807) is 7.11 Å². The molecule has 3 aromatic rings. The predicted octanol–water partition coefficient (Wildman–Crippen LogP) is 7.38. The Labute approximate surface area is 197 Å². The zero-order valence-corrected chi connectivity index (χ0v) is 20.3. The highest BCUT2D eigenvalue weighted by atomic mass is 16.5. The molecule has 0 aliphatic carbocycles. The highest BCUT2D eigenvalue weighted by Crippen LogP contribution is 2.30. The number of fused-ring (bicyclic) bond motifs is 1. The number of methoxy groups -OCH3 is 1. The van der Waals surface area contributed by atoms with Crippen LogP contribution in [-0.4, -0.2) is 23.7 Å². The molecule has 3 rings (SSSR count). The smallest absolute Gasteiger partial charge is 0.161 e. The second-order valence-corrected chi connectivity index (χ2v) is 8.59. The lowest BCUT2D eigenvalue weighted by atomic mass is 10.1. The summed E-state index contributed by atoms with van der Waals surface area (Å²) in [4.78, 5) is 7.89. The number of H-pyrrole nitrogens is 1. The lowest BCUT2D eigenvalue weighted by Crippen LogP contribution is -1.99. The molecule has 0 aliphatic heterocycles. The summed E-state index contributed by atoms with van der Waals surface area (Å²) in [5, 5.41) is 9.76. The molecule has 0 radical (unpaired) electrons. The van der Waals surface area contributed by atoms with Gasteiger partial charge in [-0.3, -0.25) is 0 Å². The van der Waals surface area contributed by atoms with Crippen molar-refractivity contribution in [3.63, 3.8) is 0 Å². The van der Waals surface area contributed by atoms with Crippen molar-refractivity contribution in [2.75, 3.05) is 13.7 Å². The Balaban J connectivity index is 1.67. The van der Waals surface area contributed by atoms with Crippen molar-refractivity contribution in [1.29, 1.82) is 5.26 Å². The van der Waals surface area contributed by atoms with Crippen molar-refractivity contribution >= 4 is 22.7 Å². The minimum Gasteiger partial charge on any atom is -0.493 e. The minimum atomic E-state index is 0.473. The lowest BCUT2D eigenvalue weighted by Gasteiger charge is -2.11. The number of nitrogens with one attached hydrogen (secondary N) is 1. The molecule has 0 aliphatic rings. The number of rotatable bonds is 12. The van der Waals surface area contributed by atoms with Crippen molar-refractivity contribution in [3.8, 4) is 17.6 Å². The SMILES string of the molecule is CCCCCCCCCOc1ccc(/C=C(/C#N)c2nc3cc(C)c(C)cc3[nH]2)cc1OC. The van der Waals surface area contributed by atoms with Crippen LogP contribution >= 0.6 is 0 Å². The van der Waals surface area contributed by atoms with Gasteiger partial charge in [-0.15, -0.1) is 0 Å². The summed E-state index contributed by atoms with van der Waals surface area (Å²) in [6, 6.07) is 12.1. The zero-order chi connectivity index (χ0) is 23.6. The van der Waals surface area contributed by atoms with Gasteiger partial charge >= 0.3 is 0 Å². The van der Waals surface area contributed by atoms with E-state index in [0.29, 0.717) is 23.8 Å². The van der Waals surface area contributed by atoms with Gasteiger partial charge in [-0.05, 0) is 67.3 Å². The molecule has 5 heteroatoms. The van der Waals surface area contributed by atoms with E-state index < -0.39 is 0 Å². The van der Waals surface area contributed by atoms with Gasteiger partial charge in [0.2, 0.25) is 0 Å². The number of hydrogen-bond donors (Lipinski definition) is 1. The monoisotopic (exact) mass is 445 g/mol. The van der Waals surface area contributed by atoms with Gasteiger partial charge in [-0.2, -0.15) is 5.26 Å². The number of unbranched alkanes of at least 4 members (excludes halogenated alkanes) is 6. The largest absolute Gasteiger partial charge is 0.493 e. The third-order valence-corrected chi connectivity index (χ3v) is 5.98. The van der Waals surface area contributed by atoms with Crippen LogP contribution in [0.5, 0.6) is 11.5 Å². The second kappa shape index (κ2) is 12.1. The third-order valence-electron chi connectivity index (χ3n) is 5.98. The van der Waals surface area contributed by atoms with E-state index in [0.717, 1.165) is 28.8 Å². The van der Waals surface area contributed by atoms with Crippen molar-refractivity contribution in [2.45, 2.75) is 65.7 Å². The average molecular weight is 446 g/mol. The average Bonchev–Trinajstić information content (AvgIpc) is 3.22. The van der Waals surface area contributed by atoms with Crippen LogP contribution in [0.3, 0.4) is 0 Å². The van der Waals surface area contributed by atoms with Crippen LogP contribution in [0, 0.1) is 25.2 Å². The number of nitriles is 1. The van der Waals surface area contributed by atoms with Crippen molar-refractivity contribution in [2.24, 2.45) is 0 Å². The Morgan fingerprint density at radius 3 is 2.45 bits per heavy atom. The minimum absolute atomic E-state index is 0.473. The molecule has 174 valence electrons. The first-order valence-corrected chi connectivity index (χ1v) is 12.0. The third kappa shape index (κ3) is 6.61. The Kier molecular flexibility index (Phi) is 8.95. The molecule has 1 N–H and O–H groups in total. The Hall–Kier alpha value is -3.26. The molecule has 0 spiro atoms. The van der Waals surface area contributed by atoms with E-state index >= 15 is 0 Å². The molecule has 2 aromatic carbocycles. The first kappa shape index (κ1) is 24.4. The number of aromatic nitrogens is 2. The summed E-state index contributed by atoms with van der Waals surface area (Å²) in [6.07, 6.45) is 10.6. The van der Waals surface area contributed by atoms with E-state index in [9.17, 15) is 5.26 Å². The fraction of sp³-hybridized carbons (Fsp3) is 0.429. The number of aromatic amines is 1. The summed E-state index contributed by atoms with van der Waals surface area (Å²) in [5.74, 6) is 1.96. The normalized spacial score (nSPS) is 11.5. The lowest BCUT2D eigenvalue weighted by molar-refractivity contribution is 0.284. The molecular formula is C28H35N3O2. The Morgan fingerprint density at radius 2 is 1.73 bits per heavy atom. The Morgan fingerprint density at radius 1 is 1.00 bits per heavy atom. The quantitative estimate of drug-likeness (QED) is 0.233. The molecule has 0 fully saturated rings. The summed E-state index contributed by atoms with van der Waals surface area (Å²) < 4.78 is 11.5. The predicted molar refractivity (Wildman–Crippen MR) is 136 cm³/mol. The van der Waals surface area contributed by atoms with Crippen LogP contribution in [0.15, 0.2) is 30.3 Å². The molecule has 0 saturated carbocycles. The number of ether oxygens (including phenoxy) is 2. The molecule has 5 nitrogen and oxygen atoms in total. The van der Waals surface area contributed by atoms with E-state index in [1.165, 1.54) is 49.7 Å². The number of imidazole rings is 1. The van der Waals surface area contributed by atoms with Crippen LogP contribution in [-0.2, 0) is 0 Å². The first-order chi connectivity index (χ1) is 16.0. The molecule has 1 heterocycles. The van der Waals surface area contributed by atoms with Crippen LogP contribution < -0.4 is 9.47 Å². The van der Waals surface area contributed by atoms with Crippen molar-refractivity contribution < 1.29 is 9.47 Å². The zero-order valence-electron chi connectivity index (χ0n) is 20.3. The molecule has 0 bridgehead atoms. The number of allylic oxidation sites excluding steroid dienone is 1. The van der Waals surface area contributed by atoms with E-state index in [-0.39, 0.29) is 0 Å². The van der Waals surface area contributed by atoms with Gasteiger partial charge in [0.1, 0.15) is 11.9 Å². The fourth-order valence-electron chi connectivity index (χ4n) is 3.85. The van der Waals surface area contributed by atoms with Crippen LogP contribution in [0.1, 0.15) is 74.4 Å². The van der Waals surface area contributed by atoms with Gasteiger partial charge in [0, 0.05) is 0 Å². The highest BCUT2D eigenvalue weighted by Gasteiger charge is 2.11. The standard InChI is InChI=1S/C28H35N3O2/c1-5-6-7-8-9-10-11-14-33-26-13-12-22(18-27(26)32-4)17-23(19-29)28-30-24-15-20(2)21(3)16-25(24)31-28/h12-13,15-18H,5-11,14H2,1-4H3,(H,30,31)/b23-17-. The summed E-state index contributed by atoms with van der Waals surface area (Å²) in [5.41, 5.74) is 5.50. The van der Waals surface area contributed by atoms with Gasteiger partial charge in [0.15, 0.2) is 11.5 Å². The van der Waals surface area contributed by atoms with Gasteiger partial charge < -0.3 is 14.5 Å². The van der Waals surface area contributed by atoms with Crippen LogP contribution in [0.25, 0.3) is 22.7 Å². The van der Waals surface area contributed by atoms with Gasteiger partial charge in [-0.25, -0.2) is 4.98 Å². The number of benzene rings is 2. The molecule has 0 atom stereocenters. The molecule has 0 unspecified atom stereocenters. The molecule has 1 aromatic heterocycles. The van der Waals surface area contributed by atoms with E-state index in [4.69, 9.17) is 9.47 Å². The Bertz CT molecular complexity index is 1100. The topological polar surface area (TPSA) is 70.9 Å². The molecule has 33 heavy (non-hydrogen) atoms. The van der Waals surface area contributed by atoms with Crippen molar-refractivity contribution in [1.82, 2.24) is 9.97 Å². The fourth-order valence-corrected chi connectivity index (χ4v) is 3.85. The maximum Gasteiger partial charge on any atom is 0.161 e. The van der Waals surface area contributed by atoms with Crippen LogP contribution in [0.2, 0.25) is 0 Å². The maximum atomic E-state index is 9.76. The second-order valence-electron chi connectivity index (χ2n) is 8.59.